The van der Waals surface area contributed by atoms with Crippen molar-refractivity contribution in [3.63, 3.8) is 0 Å². The lowest BCUT2D eigenvalue weighted by atomic mass is 10.1. The van der Waals surface area contributed by atoms with E-state index >= 15 is 0 Å². The number of esters is 1. The standard InChI is InChI=1S/C26H27NO4/c1-19(13-14-21-9-5-3-6-10-21)27-25(28)20(2)30-26(29)22-15-17-24(18-16-22)31-23-11-7-4-8-12-23/h3-12,15-20H,13-14H2,1-2H3,(H,27,28)/t19-,20+/m1/s1. The summed E-state index contributed by atoms with van der Waals surface area (Å²) in [5.41, 5.74) is 1.58. The second-order valence-corrected chi connectivity index (χ2v) is 7.42. The Kier molecular flexibility index (Phi) is 7.82. The average Bonchev–Trinajstić information content (AvgIpc) is 2.79. The van der Waals surface area contributed by atoms with Crippen molar-refractivity contribution in [3.8, 4) is 11.5 Å². The molecule has 1 N–H and O–H groups in total. The van der Waals surface area contributed by atoms with Crippen molar-refractivity contribution in [2.45, 2.75) is 38.8 Å². The topological polar surface area (TPSA) is 64.6 Å². The second-order valence-electron chi connectivity index (χ2n) is 7.42. The maximum absolute atomic E-state index is 12.4. The highest BCUT2D eigenvalue weighted by molar-refractivity contribution is 5.92. The Morgan fingerprint density at radius 3 is 2.03 bits per heavy atom. The maximum atomic E-state index is 12.4. The molecule has 160 valence electrons. The molecule has 0 fully saturated rings. The van der Waals surface area contributed by atoms with E-state index in [-0.39, 0.29) is 11.9 Å². The third kappa shape index (κ3) is 7.00. The molecule has 0 aliphatic heterocycles. The molecule has 0 radical (unpaired) electrons. The first-order valence-corrected chi connectivity index (χ1v) is 10.4. The number of carbonyl (C=O) groups excluding carboxylic acids is 2. The van der Waals surface area contributed by atoms with Crippen molar-refractivity contribution >= 4 is 11.9 Å². The third-order valence-corrected chi connectivity index (χ3v) is 4.82. The molecule has 0 heterocycles. The number of carbonyl (C=O) groups is 2. The van der Waals surface area contributed by atoms with Crippen LogP contribution in [0, 0.1) is 0 Å². The number of para-hydroxylation sites is 1. The number of nitrogens with one attached hydrogen (secondary N) is 1. The van der Waals surface area contributed by atoms with Crippen LogP contribution in [0.5, 0.6) is 11.5 Å². The Labute approximate surface area is 183 Å². The average molecular weight is 418 g/mol. The van der Waals surface area contributed by atoms with Gasteiger partial charge in [-0.05, 0) is 68.7 Å². The Hall–Kier alpha value is -3.60. The zero-order valence-corrected chi connectivity index (χ0v) is 17.8. The van der Waals surface area contributed by atoms with E-state index in [0.29, 0.717) is 17.1 Å². The molecule has 0 aliphatic carbocycles. The van der Waals surface area contributed by atoms with Crippen molar-refractivity contribution in [2.75, 3.05) is 0 Å². The fraction of sp³-hybridized carbons (Fsp3) is 0.231. The Morgan fingerprint density at radius 1 is 0.806 bits per heavy atom. The van der Waals surface area contributed by atoms with Crippen LogP contribution >= 0.6 is 0 Å². The van der Waals surface area contributed by atoms with Gasteiger partial charge in [0.15, 0.2) is 6.10 Å². The smallest absolute Gasteiger partial charge is 0.338 e. The molecular formula is C26H27NO4. The van der Waals surface area contributed by atoms with Gasteiger partial charge in [0.2, 0.25) is 0 Å². The fourth-order valence-corrected chi connectivity index (χ4v) is 3.03. The van der Waals surface area contributed by atoms with Crippen LogP contribution in [-0.4, -0.2) is 24.0 Å². The van der Waals surface area contributed by atoms with Crippen molar-refractivity contribution in [1.82, 2.24) is 5.32 Å². The van der Waals surface area contributed by atoms with Crippen molar-refractivity contribution < 1.29 is 19.1 Å². The van der Waals surface area contributed by atoms with E-state index in [0.717, 1.165) is 12.8 Å². The monoisotopic (exact) mass is 417 g/mol. The van der Waals surface area contributed by atoms with Gasteiger partial charge in [0.1, 0.15) is 11.5 Å². The van der Waals surface area contributed by atoms with Crippen LogP contribution in [-0.2, 0) is 16.0 Å². The summed E-state index contributed by atoms with van der Waals surface area (Å²) in [6, 6.07) is 26.1. The zero-order valence-electron chi connectivity index (χ0n) is 17.8. The number of rotatable bonds is 9. The molecule has 3 aromatic carbocycles. The van der Waals surface area contributed by atoms with Gasteiger partial charge in [-0.15, -0.1) is 0 Å². The lowest BCUT2D eigenvalue weighted by molar-refractivity contribution is -0.129. The predicted molar refractivity (Wildman–Crippen MR) is 120 cm³/mol. The van der Waals surface area contributed by atoms with Gasteiger partial charge in [0.25, 0.3) is 5.91 Å². The highest BCUT2D eigenvalue weighted by Crippen LogP contribution is 2.21. The van der Waals surface area contributed by atoms with Gasteiger partial charge in [-0.2, -0.15) is 0 Å². The van der Waals surface area contributed by atoms with Gasteiger partial charge in [-0.1, -0.05) is 48.5 Å². The lowest BCUT2D eigenvalue weighted by Crippen LogP contribution is -2.41. The van der Waals surface area contributed by atoms with Crippen LogP contribution in [0.3, 0.4) is 0 Å². The SMILES string of the molecule is C[C@H](CCc1ccccc1)NC(=O)[C@H](C)OC(=O)c1ccc(Oc2ccccc2)cc1. The molecule has 1 amide bonds. The molecule has 0 aromatic heterocycles. The van der Waals surface area contributed by atoms with E-state index in [9.17, 15) is 9.59 Å². The van der Waals surface area contributed by atoms with Gasteiger partial charge in [-0.3, -0.25) is 4.79 Å². The lowest BCUT2D eigenvalue weighted by Gasteiger charge is -2.18. The van der Waals surface area contributed by atoms with Crippen LogP contribution in [0.4, 0.5) is 0 Å². The molecule has 0 aliphatic rings. The van der Waals surface area contributed by atoms with E-state index in [1.165, 1.54) is 5.56 Å². The Bertz CT molecular complexity index is 971. The quantitative estimate of drug-likeness (QED) is 0.488. The minimum Gasteiger partial charge on any atom is -0.457 e. The highest BCUT2D eigenvalue weighted by atomic mass is 16.5. The summed E-state index contributed by atoms with van der Waals surface area (Å²) in [6.07, 6.45) is 0.791. The summed E-state index contributed by atoms with van der Waals surface area (Å²) < 4.78 is 11.0. The Morgan fingerprint density at radius 2 is 1.39 bits per heavy atom. The van der Waals surface area contributed by atoms with Gasteiger partial charge in [0.05, 0.1) is 5.56 Å². The molecule has 3 aromatic rings. The molecule has 0 bridgehead atoms. The first-order valence-electron chi connectivity index (χ1n) is 10.4. The zero-order chi connectivity index (χ0) is 22.1. The number of hydrogen-bond acceptors (Lipinski definition) is 4. The summed E-state index contributed by atoms with van der Waals surface area (Å²) in [7, 11) is 0. The minimum atomic E-state index is -0.882. The molecule has 5 nitrogen and oxygen atoms in total. The number of amides is 1. The second kappa shape index (κ2) is 11.0. The number of hydrogen-bond donors (Lipinski definition) is 1. The summed E-state index contributed by atoms with van der Waals surface area (Å²) in [5, 5.41) is 2.91. The summed E-state index contributed by atoms with van der Waals surface area (Å²) >= 11 is 0. The molecule has 0 saturated heterocycles. The first kappa shape index (κ1) is 22.1. The molecule has 0 spiro atoms. The normalized spacial score (nSPS) is 12.5. The van der Waals surface area contributed by atoms with E-state index in [1.54, 1.807) is 31.2 Å². The Balaban J connectivity index is 1.46. The van der Waals surface area contributed by atoms with E-state index in [4.69, 9.17) is 9.47 Å². The number of benzene rings is 3. The molecule has 0 saturated carbocycles. The highest BCUT2D eigenvalue weighted by Gasteiger charge is 2.20. The van der Waals surface area contributed by atoms with E-state index in [2.05, 4.69) is 17.4 Å². The van der Waals surface area contributed by atoms with Crippen LogP contribution in [0.1, 0.15) is 36.2 Å². The van der Waals surface area contributed by atoms with Crippen LogP contribution < -0.4 is 10.1 Å². The van der Waals surface area contributed by atoms with E-state index < -0.39 is 12.1 Å². The summed E-state index contributed by atoms with van der Waals surface area (Å²) in [4.78, 5) is 24.8. The first-order chi connectivity index (χ1) is 15.0. The van der Waals surface area contributed by atoms with Crippen LogP contribution in [0.15, 0.2) is 84.9 Å². The van der Waals surface area contributed by atoms with Crippen molar-refractivity contribution in [3.05, 3.63) is 96.1 Å². The summed E-state index contributed by atoms with van der Waals surface area (Å²) in [6.45, 7) is 3.52. The van der Waals surface area contributed by atoms with Crippen LogP contribution in [0.2, 0.25) is 0 Å². The minimum absolute atomic E-state index is 0.0247. The fourth-order valence-electron chi connectivity index (χ4n) is 3.03. The van der Waals surface area contributed by atoms with Gasteiger partial charge < -0.3 is 14.8 Å². The molecular weight excluding hydrogens is 390 g/mol. The molecule has 2 atom stereocenters. The van der Waals surface area contributed by atoms with Crippen molar-refractivity contribution in [1.29, 1.82) is 0 Å². The maximum Gasteiger partial charge on any atom is 0.338 e. The van der Waals surface area contributed by atoms with Gasteiger partial charge in [-0.25, -0.2) is 4.79 Å². The molecule has 0 unspecified atom stereocenters. The van der Waals surface area contributed by atoms with Gasteiger partial charge >= 0.3 is 5.97 Å². The predicted octanol–water partition coefficient (Wildman–Crippen LogP) is 5.16. The van der Waals surface area contributed by atoms with Gasteiger partial charge in [0, 0.05) is 6.04 Å². The number of ether oxygens (including phenoxy) is 2. The third-order valence-electron chi connectivity index (χ3n) is 4.82. The summed E-state index contributed by atoms with van der Waals surface area (Å²) in [5.74, 6) is 0.467. The van der Waals surface area contributed by atoms with Crippen molar-refractivity contribution in [2.24, 2.45) is 0 Å². The largest absolute Gasteiger partial charge is 0.457 e. The van der Waals surface area contributed by atoms with Crippen LogP contribution in [0.25, 0.3) is 0 Å². The number of aryl methyl sites for hydroxylation is 1. The van der Waals surface area contributed by atoms with E-state index in [1.807, 2.05) is 55.5 Å². The molecule has 5 heteroatoms. The molecule has 31 heavy (non-hydrogen) atoms. The molecule has 3 rings (SSSR count).